The number of hydrogen-bond acceptors (Lipinski definition) is 4. The Morgan fingerprint density at radius 3 is 2.43 bits per heavy atom. The molecule has 0 aliphatic rings. The number of rotatable bonds is 5. The topological polar surface area (TPSA) is 58.3 Å². The number of aliphatic hydroxyl groups is 1. The molecule has 0 amide bonds. The van der Waals surface area contributed by atoms with E-state index >= 15 is 0 Å². The van der Waals surface area contributed by atoms with Crippen molar-refractivity contribution in [1.29, 1.82) is 0 Å². The van der Waals surface area contributed by atoms with Gasteiger partial charge in [0, 0.05) is 17.8 Å². The van der Waals surface area contributed by atoms with Crippen LogP contribution in [0.15, 0.2) is 53.1 Å². The molecule has 0 radical (unpaired) electrons. The molecular formula is C19H20N2O2. The minimum atomic E-state index is 0.0738. The van der Waals surface area contributed by atoms with Crippen molar-refractivity contribution in [3.63, 3.8) is 0 Å². The molecule has 3 rings (SSSR count). The third-order valence-electron chi connectivity index (χ3n) is 3.79. The molecule has 0 aliphatic carbocycles. The third kappa shape index (κ3) is 3.60. The maximum absolute atomic E-state index is 9.08. The molecule has 0 aliphatic heterocycles. The summed E-state index contributed by atoms with van der Waals surface area (Å²) in [5.74, 6) is 0.637. The second-order valence-corrected chi connectivity index (χ2v) is 5.65. The molecule has 0 atom stereocenters. The highest BCUT2D eigenvalue weighted by molar-refractivity contribution is 5.64. The summed E-state index contributed by atoms with van der Waals surface area (Å²) in [7, 11) is 0. The Morgan fingerprint density at radius 2 is 1.78 bits per heavy atom. The van der Waals surface area contributed by atoms with Crippen molar-refractivity contribution in [2.24, 2.45) is 0 Å². The normalized spacial score (nSPS) is 10.7. The molecule has 0 unspecified atom stereocenters. The van der Waals surface area contributed by atoms with Gasteiger partial charge in [-0.15, -0.1) is 0 Å². The fourth-order valence-corrected chi connectivity index (χ4v) is 2.39. The van der Waals surface area contributed by atoms with Gasteiger partial charge in [-0.25, -0.2) is 4.98 Å². The molecule has 2 aromatic carbocycles. The van der Waals surface area contributed by atoms with E-state index in [9.17, 15) is 0 Å². The molecule has 118 valence electrons. The average molecular weight is 308 g/mol. The zero-order valence-electron chi connectivity index (χ0n) is 13.3. The van der Waals surface area contributed by atoms with Gasteiger partial charge in [0.15, 0.2) is 0 Å². The summed E-state index contributed by atoms with van der Waals surface area (Å²) in [5.41, 5.74) is 6.15. The minimum Gasteiger partial charge on any atom is -0.444 e. The van der Waals surface area contributed by atoms with Gasteiger partial charge in [0.2, 0.25) is 5.89 Å². The predicted molar refractivity (Wildman–Crippen MR) is 91.1 cm³/mol. The number of oxazole rings is 1. The number of benzene rings is 2. The Morgan fingerprint density at radius 1 is 1.04 bits per heavy atom. The van der Waals surface area contributed by atoms with Crippen LogP contribution in [-0.4, -0.2) is 10.1 Å². The Balaban J connectivity index is 1.76. The van der Waals surface area contributed by atoms with Gasteiger partial charge in [-0.05, 0) is 42.7 Å². The Kier molecular flexibility index (Phi) is 4.44. The van der Waals surface area contributed by atoms with Crippen LogP contribution >= 0.6 is 0 Å². The standard InChI is InChI=1S/C19H20N2O2/c1-13-3-8-17(19-21-14(2)12-23-19)9-18(13)20-10-15-4-6-16(11-22)7-5-15/h3-9,12,20,22H,10-11H2,1-2H3. The van der Waals surface area contributed by atoms with Gasteiger partial charge in [-0.2, -0.15) is 0 Å². The highest BCUT2D eigenvalue weighted by Crippen LogP contribution is 2.25. The van der Waals surface area contributed by atoms with Gasteiger partial charge >= 0.3 is 0 Å². The molecule has 0 saturated heterocycles. The highest BCUT2D eigenvalue weighted by atomic mass is 16.3. The largest absolute Gasteiger partial charge is 0.444 e. The number of nitrogens with zero attached hydrogens (tertiary/aromatic N) is 1. The summed E-state index contributed by atoms with van der Waals surface area (Å²) in [5, 5.41) is 12.5. The molecule has 0 fully saturated rings. The second-order valence-electron chi connectivity index (χ2n) is 5.65. The molecule has 23 heavy (non-hydrogen) atoms. The first-order valence-corrected chi connectivity index (χ1v) is 7.61. The van der Waals surface area contributed by atoms with Crippen LogP contribution in [0.1, 0.15) is 22.4 Å². The lowest BCUT2D eigenvalue weighted by Gasteiger charge is -2.11. The Bertz CT molecular complexity index is 791. The van der Waals surface area contributed by atoms with Crippen molar-refractivity contribution >= 4 is 5.69 Å². The molecular weight excluding hydrogens is 288 g/mol. The van der Waals surface area contributed by atoms with Crippen LogP contribution in [0, 0.1) is 13.8 Å². The third-order valence-corrected chi connectivity index (χ3v) is 3.79. The van der Waals surface area contributed by atoms with Crippen LogP contribution < -0.4 is 5.32 Å². The molecule has 4 nitrogen and oxygen atoms in total. The van der Waals surface area contributed by atoms with E-state index in [0.717, 1.165) is 29.1 Å². The number of aryl methyl sites for hydroxylation is 2. The predicted octanol–water partition coefficient (Wildman–Crippen LogP) is 4.06. The first-order chi connectivity index (χ1) is 11.2. The molecule has 4 heteroatoms. The maximum atomic E-state index is 9.08. The molecule has 0 saturated carbocycles. The fourth-order valence-electron chi connectivity index (χ4n) is 2.39. The number of aliphatic hydroxyl groups excluding tert-OH is 1. The quantitative estimate of drug-likeness (QED) is 0.746. The van der Waals surface area contributed by atoms with E-state index in [0.29, 0.717) is 5.89 Å². The van der Waals surface area contributed by atoms with Gasteiger partial charge in [0.1, 0.15) is 6.26 Å². The van der Waals surface area contributed by atoms with E-state index in [1.807, 2.05) is 37.3 Å². The smallest absolute Gasteiger partial charge is 0.226 e. The number of nitrogens with one attached hydrogen (secondary N) is 1. The number of hydrogen-bond donors (Lipinski definition) is 2. The number of aromatic nitrogens is 1. The van der Waals surface area contributed by atoms with Gasteiger partial charge in [0.25, 0.3) is 0 Å². The molecule has 1 heterocycles. The van der Waals surface area contributed by atoms with E-state index in [1.54, 1.807) is 6.26 Å². The summed E-state index contributed by atoms with van der Waals surface area (Å²) in [6.45, 7) is 4.78. The average Bonchev–Trinajstić information content (AvgIpc) is 3.01. The Labute approximate surface area is 135 Å². The van der Waals surface area contributed by atoms with Crippen molar-refractivity contribution < 1.29 is 9.52 Å². The summed E-state index contributed by atoms with van der Waals surface area (Å²) in [6, 6.07) is 14.1. The summed E-state index contributed by atoms with van der Waals surface area (Å²) in [4.78, 5) is 4.37. The minimum absolute atomic E-state index is 0.0738. The molecule has 1 aromatic heterocycles. The van der Waals surface area contributed by atoms with Gasteiger partial charge in [0.05, 0.1) is 12.3 Å². The molecule has 0 bridgehead atoms. The molecule has 3 aromatic rings. The van der Waals surface area contributed by atoms with Crippen molar-refractivity contribution in [2.45, 2.75) is 27.0 Å². The van der Waals surface area contributed by atoms with Crippen molar-refractivity contribution in [2.75, 3.05) is 5.32 Å². The van der Waals surface area contributed by atoms with E-state index in [4.69, 9.17) is 9.52 Å². The van der Waals surface area contributed by atoms with Crippen LogP contribution in [-0.2, 0) is 13.2 Å². The van der Waals surface area contributed by atoms with Crippen molar-refractivity contribution in [3.8, 4) is 11.5 Å². The zero-order valence-corrected chi connectivity index (χ0v) is 13.3. The van der Waals surface area contributed by atoms with E-state index in [2.05, 4.69) is 29.4 Å². The maximum Gasteiger partial charge on any atom is 0.226 e. The Hall–Kier alpha value is -2.59. The van der Waals surface area contributed by atoms with Gasteiger partial charge < -0.3 is 14.8 Å². The van der Waals surface area contributed by atoms with Crippen LogP contribution in [0.3, 0.4) is 0 Å². The van der Waals surface area contributed by atoms with Crippen molar-refractivity contribution in [3.05, 3.63) is 71.1 Å². The lowest BCUT2D eigenvalue weighted by molar-refractivity contribution is 0.282. The molecule has 2 N–H and O–H groups in total. The zero-order chi connectivity index (χ0) is 16.2. The van der Waals surface area contributed by atoms with Crippen LogP contribution in [0.5, 0.6) is 0 Å². The second kappa shape index (κ2) is 6.67. The summed E-state index contributed by atoms with van der Waals surface area (Å²) in [6.07, 6.45) is 1.66. The monoisotopic (exact) mass is 308 g/mol. The highest BCUT2D eigenvalue weighted by Gasteiger charge is 2.07. The molecule has 0 spiro atoms. The van der Waals surface area contributed by atoms with E-state index < -0.39 is 0 Å². The fraction of sp³-hybridized carbons (Fsp3) is 0.211. The van der Waals surface area contributed by atoms with Gasteiger partial charge in [-0.1, -0.05) is 30.3 Å². The summed E-state index contributed by atoms with van der Waals surface area (Å²) >= 11 is 0. The lowest BCUT2D eigenvalue weighted by atomic mass is 10.1. The summed E-state index contributed by atoms with van der Waals surface area (Å²) < 4.78 is 5.47. The van der Waals surface area contributed by atoms with Gasteiger partial charge in [-0.3, -0.25) is 0 Å². The van der Waals surface area contributed by atoms with E-state index in [-0.39, 0.29) is 6.61 Å². The lowest BCUT2D eigenvalue weighted by Crippen LogP contribution is -2.01. The van der Waals surface area contributed by atoms with Crippen molar-refractivity contribution in [1.82, 2.24) is 4.98 Å². The number of anilines is 1. The first-order valence-electron chi connectivity index (χ1n) is 7.61. The SMILES string of the molecule is Cc1coc(-c2ccc(C)c(NCc3ccc(CO)cc3)c2)n1. The van der Waals surface area contributed by atoms with E-state index in [1.165, 1.54) is 11.1 Å². The van der Waals surface area contributed by atoms with Crippen LogP contribution in [0.4, 0.5) is 5.69 Å². The van der Waals surface area contributed by atoms with Crippen LogP contribution in [0.2, 0.25) is 0 Å². The van der Waals surface area contributed by atoms with Crippen LogP contribution in [0.25, 0.3) is 11.5 Å². The first kappa shape index (κ1) is 15.3.